The second kappa shape index (κ2) is 4.91. The van der Waals surface area contributed by atoms with Crippen molar-refractivity contribution in [1.29, 1.82) is 5.41 Å². The third-order valence-electron chi connectivity index (χ3n) is 2.63. The number of unbranched alkanes of at least 4 members (excludes halogenated alkanes) is 1. The van der Waals surface area contributed by atoms with Crippen LogP contribution in [0.1, 0.15) is 33.1 Å². The molecular formula is C10H19N5. The number of amidine groups is 1. The van der Waals surface area contributed by atoms with Crippen LogP contribution in [0.3, 0.4) is 0 Å². The van der Waals surface area contributed by atoms with Crippen molar-refractivity contribution in [2.75, 3.05) is 0 Å². The van der Waals surface area contributed by atoms with Gasteiger partial charge in [-0.05, 0) is 12.8 Å². The van der Waals surface area contributed by atoms with E-state index in [4.69, 9.17) is 11.1 Å². The van der Waals surface area contributed by atoms with Crippen molar-refractivity contribution < 1.29 is 0 Å². The van der Waals surface area contributed by atoms with Gasteiger partial charge in [-0.25, -0.2) is 4.98 Å². The predicted molar refractivity (Wildman–Crippen MR) is 59.6 cm³/mol. The maximum Gasteiger partial charge on any atom is 0.137 e. The van der Waals surface area contributed by atoms with Gasteiger partial charge in [0.25, 0.3) is 0 Å². The minimum Gasteiger partial charge on any atom is -0.387 e. The van der Waals surface area contributed by atoms with Gasteiger partial charge in [-0.15, -0.1) is 0 Å². The van der Waals surface area contributed by atoms with Gasteiger partial charge in [0.05, 0.1) is 5.84 Å². The summed E-state index contributed by atoms with van der Waals surface area (Å²) in [6.45, 7) is 4.89. The first-order valence-electron chi connectivity index (χ1n) is 5.19. The molecule has 15 heavy (non-hydrogen) atoms. The number of hydrogen-bond acceptors (Lipinski definition) is 3. The third kappa shape index (κ3) is 3.69. The molecule has 0 fully saturated rings. The molecule has 0 aliphatic heterocycles. The summed E-state index contributed by atoms with van der Waals surface area (Å²) >= 11 is 0. The first kappa shape index (κ1) is 11.7. The molecular weight excluding hydrogens is 190 g/mol. The summed E-state index contributed by atoms with van der Waals surface area (Å²) < 4.78 is 1.82. The van der Waals surface area contributed by atoms with Gasteiger partial charge in [0.1, 0.15) is 12.7 Å². The molecule has 1 aromatic rings. The topological polar surface area (TPSA) is 80.6 Å². The number of nitrogens with one attached hydrogen (secondary N) is 1. The Morgan fingerprint density at radius 2 is 2.20 bits per heavy atom. The van der Waals surface area contributed by atoms with Gasteiger partial charge in [-0.3, -0.25) is 10.1 Å². The number of nitrogens with two attached hydrogens (primary N) is 1. The molecule has 0 amide bonds. The monoisotopic (exact) mass is 209 g/mol. The van der Waals surface area contributed by atoms with Crippen LogP contribution in [0.2, 0.25) is 0 Å². The van der Waals surface area contributed by atoms with E-state index in [2.05, 4.69) is 10.1 Å². The van der Waals surface area contributed by atoms with Crippen molar-refractivity contribution in [2.45, 2.75) is 39.7 Å². The highest BCUT2D eigenvalue weighted by Crippen LogP contribution is 2.22. The number of rotatable bonds is 6. The van der Waals surface area contributed by atoms with Crippen LogP contribution < -0.4 is 5.73 Å². The average Bonchev–Trinajstić information content (AvgIpc) is 2.64. The SMILES string of the molecule is CC(C)(CCCCn1cncn1)C(=N)N. The lowest BCUT2D eigenvalue weighted by atomic mass is 9.86. The van der Waals surface area contributed by atoms with E-state index in [-0.39, 0.29) is 11.3 Å². The van der Waals surface area contributed by atoms with Crippen LogP contribution in [0, 0.1) is 10.8 Å². The number of aryl methyl sites for hydroxylation is 1. The van der Waals surface area contributed by atoms with Crippen molar-refractivity contribution in [3.63, 3.8) is 0 Å². The summed E-state index contributed by atoms with van der Waals surface area (Å²) in [4.78, 5) is 3.88. The molecule has 0 saturated carbocycles. The van der Waals surface area contributed by atoms with Crippen LogP contribution in [0.5, 0.6) is 0 Å². The second-order valence-electron chi connectivity index (χ2n) is 4.41. The van der Waals surface area contributed by atoms with Gasteiger partial charge in [-0.2, -0.15) is 5.10 Å². The van der Waals surface area contributed by atoms with Gasteiger partial charge in [-0.1, -0.05) is 20.3 Å². The molecule has 3 N–H and O–H groups in total. The zero-order chi connectivity index (χ0) is 11.3. The maximum atomic E-state index is 7.42. The highest BCUT2D eigenvalue weighted by Gasteiger charge is 2.20. The van der Waals surface area contributed by atoms with E-state index < -0.39 is 0 Å². The lowest BCUT2D eigenvalue weighted by Crippen LogP contribution is -2.30. The predicted octanol–water partition coefficient (Wildman–Crippen LogP) is 1.41. The summed E-state index contributed by atoms with van der Waals surface area (Å²) in [5, 5.41) is 11.4. The van der Waals surface area contributed by atoms with Gasteiger partial charge < -0.3 is 5.73 Å². The van der Waals surface area contributed by atoms with Crippen molar-refractivity contribution in [3.8, 4) is 0 Å². The highest BCUT2D eigenvalue weighted by molar-refractivity contribution is 5.82. The van der Waals surface area contributed by atoms with Crippen LogP contribution in [0.25, 0.3) is 0 Å². The van der Waals surface area contributed by atoms with Crippen molar-refractivity contribution >= 4 is 5.84 Å². The van der Waals surface area contributed by atoms with Crippen molar-refractivity contribution in [1.82, 2.24) is 14.8 Å². The van der Waals surface area contributed by atoms with Crippen LogP contribution in [-0.2, 0) is 6.54 Å². The first-order chi connectivity index (χ1) is 7.02. The molecule has 5 nitrogen and oxygen atoms in total. The smallest absolute Gasteiger partial charge is 0.137 e. The van der Waals surface area contributed by atoms with E-state index in [1.807, 2.05) is 18.5 Å². The Kier molecular flexibility index (Phi) is 3.82. The molecule has 0 aromatic carbocycles. The molecule has 0 bridgehead atoms. The number of nitrogens with zero attached hydrogens (tertiary/aromatic N) is 3. The van der Waals surface area contributed by atoms with E-state index in [0.717, 1.165) is 25.8 Å². The summed E-state index contributed by atoms with van der Waals surface area (Å²) in [6, 6.07) is 0. The first-order valence-corrected chi connectivity index (χ1v) is 5.19. The second-order valence-corrected chi connectivity index (χ2v) is 4.41. The van der Waals surface area contributed by atoms with Gasteiger partial charge >= 0.3 is 0 Å². The molecule has 1 heterocycles. The zero-order valence-electron chi connectivity index (χ0n) is 9.40. The Balaban J connectivity index is 2.19. The number of hydrogen-bond donors (Lipinski definition) is 2. The minimum atomic E-state index is -0.178. The van der Waals surface area contributed by atoms with Crippen LogP contribution in [0.15, 0.2) is 12.7 Å². The van der Waals surface area contributed by atoms with Crippen LogP contribution in [-0.4, -0.2) is 20.6 Å². The van der Waals surface area contributed by atoms with E-state index in [0.29, 0.717) is 0 Å². The Labute approximate surface area is 90.2 Å². The summed E-state index contributed by atoms with van der Waals surface area (Å²) in [7, 11) is 0. The van der Waals surface area contributed by atoms with Gasteiger partial charge in [0.2, 0.25) is 0 Å². The lowest BCUT2D eigenvalue weighted by Gasteiger charge is -2.22. The summed E-state index contributed by atoms with van der Waals surface area (Å²) in [5.41, 5.74) is 5.32. The quantitative estimate of drug-likeness (QED) is 0.422. The fraction of sp³-hybridized carbons (Fsp3) is 0.700. The fourth-order valence-electron chi connectivity index (χ4n) is 1.32. The molecule has 0 aliphatic carbocycles. The maximum absolute atomic E-state index is 7.42. The van der Waals surface area contributed by atoms with E-state index in [1.54, 1.807) is 12.7 Å². The Bertz CT molecular complexity index is 302. The van der Waals surface area contributed by atoms with Crippen molar-refractivity contribution in [2.24, 2.45) is 11.1 Å². The number of aromatic nitrogens is 3. The molecule has 0 atom stereocenters. The molecule has 0 aliphatic rings. The van der Waals surface area contributed by atoms with Gasteiger partial charge in [0, 0.05) is 12.0 Å². The molecule has 0 spiro atoms. The van der Waals surface area contributed by atoms with E-state index >= 15 is 0 Å². The summed E-state index contributed by atoms with van der Waals surface area (Å²) in [5.74, 6) is 0.267. The van der Waals surface area contributed by atoms with Gasteiger partial charge in [0.15, 0.2) is 0 Å². The Morgan fingerprint density at radius 3 is 2.73 bits per heavy atom. The molecule has 5 heteroatoms. The third-order valence-corrected chi connectivity index (χ3v) is 2.63. The molecule has 0 saturated heterocycles. The Morgan fingerprint density at radius 1 is 1.47 bits per heavy atom. The van der Waals surface area contributed by atoms with Crippen LogP contribution in [0.4, 0.5) is 0 Å². The standard InChI is InChI=1S/C10H19N5/c1-10(2,9(11)12)5-3-4-6-15-8-13-7-14-15/h7-8H,3-6H2,1-2H3,(H3,11,12). The van der Waals surface area contributed by atoms with E-state index in [1.165, 1.54) is 0 Å². The molecule has 0 unspecified atom stereocenters. The minimum absolute atomic E-state index is 0.178. The highest BCUT2D eigenvalue weighted by atomic mass is 15.3. The van der Waals surface area contributed by atoms with Crippen LogP contribution >= 0.6 is 0 Å². The fourth-order valence-corrected chi connectivity index (χ4v) is 1.32. The molecule has 0 radical (unpaired) electrons. The molecule has 84 valence electrons. The van der Waals surface area contributed by atoms with Crippen molar-refractivity contribution in [3.05, 3.63) is 12.7 Å². The molecule has 1 aromatic heterocycles. The summed E-state index contributed by atoms with van der Waals surface area (Å²) in [6.07, 6.45) is 6.29. The van der Waals surface area contributed by atoms with E-state index in [9.17, 15) is 0 Å². The lowest BCUT2D eigenvalue weighted by molar-refractivity contribution is 0.424. The normalized spacial score (nSPS) is 11.6. The zero-order valence-corrected chi connectivity index (χ0v) is 9.40. The average molecular weight is 209 g/mol. The Hall–Kier alpha value is -1.39. The largest absolute Gasteiger partial charge is 0.387 e. The molecule has 1 rings (SSSR count).